The molecule has 1 heterocycles. The molecular weight excluding hydrogens is 325 g/mol. The number of rotatable bonds is 3. The SMILES string of the molecule is NC(Cc1cccc(F)c1Cl)c1csc(Br)c1. The van der Waals surface area contributed by atoms with Crippen LogP contribution in [0.1, 0.15) is 17.2 Å². The Hall–Kier alpha value is -0.420. The molecule has 0 saturated carbocycles. The minimum atomic E-state index is -0.400. The monoisotopic (exact) mass is 333 g/mol. The molecule has 17 heavy (non-hydrogen) atoms. The summed E-state index contributed by atoms with van der Waals surface area (Å²) in [5.74, 6) is -0.400. The van der Waals surface area contributed by atoms with Crippen LogP contribution in [0, 0.1) is 5.82 Å². The summed E-state index contributed by atoms with van der Waals surface area (Å²) in [6.07, 6.45) is 0.528. The first-order chi connectivity index (χ1) is 8.08. The van der Waals surface area contributed by atoms with Gasteiger partial charge in [-0.1, -0.05) is 23.7 Å². The largest absolute Gasteiger partial charge is 0.324 e. The summed E-state index contributed by atoms with van der Waals surface area (Å²) in [6.45, 7) is 0. The number of halogens is 3. The zero-order chi connectivity index (χ0) is 12.4. The van der Waals surface area contributed by atoms with Crippen LogP contribution in [0.4, 0.5) is 4.39 Å². The molecule has 2 aromatic rings. The van der Waals surface area contributed by atoms with Crippen LogP contribution in [0.3, 0.4) is 0 Å². The number of hydrogen-bond acceptors (Lipinski definition) is 2. The van der Waals surface area contributed by atoms with Gasteiger partial charge in [-0.05, 0) is 51.0 Å². The van der Waals surface area contributed by atoms with Gasteiger partial charge in [0.05, 0.1) is 8.81 Å². The van der Waals surface area contributed by atoms with Crippen molar-refractivity contribution in [2.45, 2.75) is 12.5 Å². The van der Waals surface area contributed by atoms with Gasteiger partial charge in [0.2, 0.25) is 0 Å². The molecule has 0 aliphatic rings. The average Bonchev–Trinajstić information content (AvgIpc) is 2.72. The van der Waals surface area contributed by atoms with E-state index in [1.807, 2.05) is 11.4 Å². The van der Waals surface area contributed by atoms with Gasteiger partial charge in [-0.15, -0.1) is 11.3 Å². The first kappa shape index (κ1) is 13.0. The Kier molecular flexibility index (Phi) is 4.20. The van der Waals surface area contributed by atoms with Crippen LogP contribution in [0.5, 0.6) is 0 Å². The van der Waals surface area contributed by atoms with Gasteiger partial charge in [0.25, 0.3) is 0 Å². The molecule has 1 aromatic carbocycles. The van der Waals surface area contributed by atoms with E-state index in [1.54, 1.807) is 23.5 Å². The maximum atomic E-state index is 13.3. The van der Waals surface area contributed by atoms with Crippen LogP contribution in [-0.2, 0) is 6.42 Å². The van der Waals surface area contributed by atoms with E-state index in [0.717, 1.165) is 14.9 Å². The van der Waals surface area contributed by atoms with Gasteiger partial charge in [0.15, 0.2) is 0 Å². The Bertz CT molecular complexity index is 529. The van der Waals surface area contributed by atoms with Crippen molar-refractivity contribution < 1.29 is 4.39 Å². The van der Waals surface area contributed by atoms with E-state index in [2.05, 4.69) is 15.9 Å². The van der Waals surface area contributed by atoms with Crippen LogP contribution in [0.25, 0.3) is 0 Å². The molecule has 2 rings (SSSR count). The van der Waals surface area contributed by atoms with Crippen molar-refractivity contribution in [1.82, 2.24) is 0 Å². The molecule has 90 valence electrons. The van der Waals surface area contributed by atoms with Crippen molar-refractivity contribution in [2.24, 2.45) is 5.73 Å². The molecular formula is C12H10BrClFNS. The highest BCUT2D eigenvalue weighted by molar-refractivity contribution is 9.11. The number of benzene rings is 1. The molecule has 0 bridgehead atoms. The zero-order valence-corrected chi connectivity index (χ0v) is 11.9. The Morgan fingerprint density at radius 3 is 2.88 bits per heavy atom. The van der Waals surface area contributed by atoms with Gasteiger partial charge in [0, 0.05) is 6.04 Å². The Morgan fingerprint density at radius 2 is 2.24 bits per heavy atom. The molecule has 1 unspecified atom stereocenters. The topological polar surface area (TPSA) is 26.0 Å². The van der Waals surface area contributed by atoms with Crippen molar-refractivity contribution in [3.8, 4) is 0 Å². The molecule has 1 nitrogen and oxygen atoms in total. The van der Waals surface area contributed by atoms with E-state index >= 15 is 0 Å². The fraction of sp³-hybridized carbons (Fsp3) is 0.167. The minimum Gasteiger partial charge on any atom is -0.324 e. The molecule has 2 N–H and O–H groups in total. The number of thiophene rings is 1. The van der Waals surface area contributed by atoms with Gasteiger partial charge >= 0.3 is 0 Å². The second kappa shape index (κ2) is 5.48. The average molecular weight is 335 g/mol. The third-order valence-electron chi connectivity index (χ3n) is 2.49. The van der Waals surface area contributed by atoms with Crippen molar-refractivity contribution >= 4 is 38.9 Å². The summed E-state index contributed by atoms with van der Waals surface area (Å²) in [4.78, 5) is 0. The Labute approximate surface area is 117 Å². The van der Waals surface area contributed by atoms with Crippen LogP contribution in [0.2, 0.25) is 5.02 Å². The summed E-state index contributed by atoms with van der Waals surface area (Å²) in [5.41, 5.74) is 7.83. The first-order valence-electron chi connectivity index (χ1n) is 5.00. The predicted octanol–water partition coefficient (Wildman–Crippen LogP) is 4.55. The summed E-state index contributed by atoms with van der Waals surface area (Å²) in [7, 11) is 0. The van der Waals surface area contributed by atoms with Crippen LogP contribution in [-0.4, -0.2) is 0 Å². The number of hydrogen-bond donors (Lipinski definition) is 1. The lowest BCUT2D eigenvalue weighted by Crippen LogP contribution is -2.12. The Morgan fingerprint density at radius 1 is 1.47 bits per heavy atom. The standard InChI is InChI=1S/C12H10BrClFNS/c13-11-5-8(6-17-11)10(16)4-7-2-1-3-9(15)12(7)14/h1-3,5-6,10H,4,16H2. The van der Waals surface area contributed by atoms with Crippen LogP contribution in [0.15, 0.2) is 33.4 Å². The van der Waals surface area contributed by atoms with E-state index in [-0.39, 0.29) is 11.1 Å². The zero-order valence-electron chi connectivity index (χ0n) is 8.79. The third-order valence-corrected chi connectivity index (χ3v) is 4.43. The summed E-state index contributed by atoms with van der Waals surface area (Å²) >= 11 is 10.9. The lowest BCUT2D eigenvalue weighted by atomic mass is 10.0. The highest BCUT2D eigenvalue weighted by Crippen LogP contribution is 2.28. The first-order valence-corrected chi connectivity index (χ1v) is 7.05. The second-order valence-corrected chi connectivity index (χ2v) is 6.38. The summed E-state index contributed by atoms with van der Waals surface area (Å²) in [5, 5.41) is 2.15. The highest BCUT2D eigenvalue weighted by Gasteiger charge is 2.12. The predicted molar refractivity (Wildman–Crippen MR) is 74.1 cm³/mol. The molecule has 5 heteroatoms. The van der Waals surface area contributed by atoms with Crippen molar-refractivity contribution in [3.05, 3.63) is 55.4 Å². The smallest absolute Gasteiger partial charge is 0.142 e. The van der Waals surface area contributed by atoms with Gasteiger partial charge in [0.1, 0.15) is 5.82 Å². The number of nitrogens with two attached hydrogens (primary N) is 1. The summed E-state index contributed by atoms with van der Waals surface area (Å²) in [6, 6.07) is 6.59. The highest BCUT2D eigenvalue weighted by atomic mass is 79.9. The molecule has 0 spiro atoms. The fourth-order valence-corrected chi connectivity index (χ4v) is 3.02. The molecule has 0 aliphatic heterocycles. The molecule has 0 fully saturated rings. The van der Waals surface area contributed by atoms with E-state index in [9.17, 15) is 4.39 Å². The second-order valence-electron chi connectivity index (χ2n) is 3.71. The van der Waals surface area contributed by atoms with Crippen LogP contribution < -0.4 is 5.73 Å². The maximum absolute atomic E-state index is 13.3. The lowest BCUT2D eigenvalue weighted by molar-refractivity contribution is 0.622. The van der Waals surface area contributed by atoms with E-state index in [0.29, 0.717) is 6.42 Å². The molecule has 0 amide bonds. The van der Waals surface area contributed by atoms with E-state index in [1.165, 1.54) is 6.07 Å². The van der Waals surface area contributed by atoms with Crippen molar-refractivity contribution in [1.29, 1.82) is 0 Å². The normalized spacial score (nSPS) is 12.7. The summed E-state index contributed by atoms with van der Waals surface area (Å²) < 4.78 is 14.3. The van der Waals surface area contributed by atoms with Crippen molar-refractivity contribution in [3.63, 3.8) is 0 Å². The fourth-order valence-electron chi connectivity index (χ4n) is 1.58. The van der Waals surface area contributed by atoms with Gasteiger partial charge in [-0.25, -0.2) is 4.39 Å². The quantitative estimate of drug-likeness (QED) is 0.876. The van der Waals surface area contributed by atoms with E-state index in [4.69, 9.17) is 17.3 Å². The third kappa shape index (κ3) is 3.07. The molecule has 0 radical (unpaired) electrons. The van der Waals surface area contributed by atoms with E-state index < -0.39 is 5.82 Å². The molecule has 1 aromatic heterocycles. The molecule has 1 atom stereocenters. The Balaban J connectivity index is 2.18. The van der Waals surface area contributed by atoms with Gasteiger partial charge < -0.3 is 5.73 Å². The molecule has 0 saturated heterocycles. The van der Waals surface area contributed by atoms with Gasteiger partial charge in [-0.3, -0.25) is 0 Å². The lowest BCUT2D eigenvalue weighted by Gasteiger charge is -2.11. The van der Waals surface area contributed by atoms with Gasteiger partial charge in [-0.2, -0.15) is 0 Å². The maximum Gasteiger partial charge on any atom is 0.142 e. The molecule has 0 aliphatic carbocycles. The van der Waals surface area contributed by atoms with Crippen LogP contribution >= 0.6 is 38.9 Å². The van der Waals surface area contributed by atoms with Crippen molar-refractivity contribution in [2.75, 3.05) is 0 Å². The minimum absolute atomic E-state index is 0.164.